The number of hydrogen-bond acceptors (Lipinski definition) is 3. The predicted molar refractivity (Wildman–Crippen MR) is 98.8 cm³/mol. The lowest BCUT2D eigenvalue weighted by atomic mass is 9.96. The Labute approximate surface area is 158 Å². The maximum absolute atomic E-state index is 11.8. The summed E-state index contributed by atoms with van der Waals surface area (Å²) in [7, 11) is 0. The first-order valence-electron chi connectivity index (χ1n) is 7.89. The van der Waals surface area contributed by atoms with E-state index in [1.54, 1.807) is 0 Å². The number of hydrogen-bond donors (Lipinski definition) is 3. The van der Waals surface area contributed by atoms with Crippen molar-refractivity contribution in [3.63, 3.8) is 0 Å². The zero-order valence-electron chi connectivity index (χ0n) is 13.5. The van der Waals surface area contributed by atoms with Gasteiger partial charge in [0.15, 0.2) is 6.61 Å². The van der Waals surface area contributed by atoms with Crippen molar-refractivity contribution in [1.82, 2.24) is 16.2 Å². The second-order valence-electron chi connectivity index (χ2n) is 5.80. The number of urea groups is 1. The minimum absolute atomic E-state index is 0.188. The normalized spacial score (nSPS) is 14.8. The second kappa shape index (κ2) is 9.27. The zero-order valence-corrected chi connectivity index (χ0v) is 16.6. The number of ether oxygens (including phenoxy) is 1. The molecule has 24 heavy (non-hydrogen) atoms. The molecular weight excluding hydrogens is 442 g/mol. The van der Waals surface area contributed by atoms with Crippen molar-refractivity contribution in [2.45, 2.75) is 45.1 Å². The molecular formula is C16H21Br2N3O3. The molecule has 3 amide bonds. The first-order chi connectivity index (χ1) is 11.5. The summed E-state index contributed by atoms with van der Waals surface area (Å²) in [5.74, 6) is 0.169. The number of halogens is 2. The smallest absolute Gasteiger partial charge is 0.333 e. The van der Waals surface area contributed by atoms with Crippen molar-refractivity contribution in [3.05, 3.63) is 26.6 Å². The van der Waals surface area contributed by atoms with Crippen LogP contribution < -0.4 is 20.9 Å². The third-order valence-electron chi connectivity index (χ3n) is 3.80. The van der Waals surface area contributed by atoms with Crippen molar-refractivity contribution in [2.24, 2.45) is 0 Å². The van der Waals surface area contributed by atoms with Crippen molar-refractivity contribution < 1.29 is 14.3 Å². The highest BCUT2D eigenvalue weighted by Crippen LogP contribution is 2.32. The Morgan fingerprint density at radius 3 is 2.54 bits per heavy atom. The molecule has 1 aliphatic carbocycles. The van der Waals surface area contributed by atoms with Crippen LogP contribution in [0.5, 0.6) is 5.75 Å². The number of amides is 3. The molecule has 0 aliphatic heterocycles. The highest BCUT2D eigenvalue weighted by Gasteiger charge is 2.16. The van der Waals surface area contributed by atoms with Gasteiger partial charge in [-0.15, -0.1) is 0 Å². The van der Waals surface area contributed by atoms with Gasteiger partial charge < -0.3 is 10.1 Å². The van der Waals surface area contributed by atoms with Crippen molar-refractivity contribution in [2.75, 3.05) is 6.61 Å². The maximum Gasteiger partial charge on any atom is 0.333 e. The van der Waals surface area contributed by atoms with Gasteiger partial charge in [-0.3, -0.25) is 10.2 Å². The van der Waals surface area contributed by atoms with Gasteiger partial charge in [-0.25, -0.2) is 10.2 Å². The fourth-order valence-corrected chi connectivity index (χ4v) is 4.19. The Bertz CT molecular complexity index is 581. The second-order valence-corrected chi connectivity index (χ2v) is 7.57. The molecule has 1 aromatic rings. The van der Waals surface area contributed by atoms with Crippen LogP contribution in [0.3, 0.4) is 0 Å². The Kier molecular flexibility index (Phi) is 7.36. The monoisotopic (exact) mass is 461 g/mol. The third kappa shape index (κ3) is 5.98. The lowest BCUT2D eigenvalue weighted by molar-refractivity contribution is -0.123. The van der Waals surface area contributed by atoms with Crippen molar-refractivity contribution in [1.29, 1.82) is 0 Å². The quantitative estimate of drug-likeness (QED) is 0.598. The predicted octanol–water partition coefficient (Wildman–Crippen LogP) is 3.56. The Balaban J connectivity index is 1.72. The summed E-state index contributed by atoms with van der Waals surface area (Å²) in [5, 5.41) is 2.85. The van der Waals surface area contributed by atoms with Crippen LogP contribution >= 0.6 is 31.9 Å². The molecule has 0 heterocycles. The summed E-state index contributed by atoms with van der Waals surface area (Å²) < 4.78 is 7.19. The Morgan fingerprint density at radius 2 is 1.88 bits per heavy atom. The van der Waals surface area contributed by atoms with E-state index in [0.717, 1.165) is 40.2 Å². The molecule has 0 radical (unpaired) electrons. The number of carbonyl (C=O) groups excluding carboxylic acids is 2. The fraction of sp³-hybridized carbons (Fsp3) is 0.500. The van der Waals surface area contributed by atoms with Gasteiger partial charge in [0.05, 0.1) is 4.47 Å². The van der Waals surface area contributed by atoms with Gasteiger partial charge in [0, 0.05) is 10.5 Å². The van der Waals surface area contributed by atoms with E-state index in [-0.39, 0.29) is 12.6 Å². The molecule has 1 aromatic carbocycles. The topological polar surface area (TPSA) is 79.5 Å². The molecule has 6 nitrogen and oxygen atoms in total. The van der Waals surface area contributed by atoms with Crippen LogP contribution in [-0.4, -0.2) is 24.6 Å². The molecule has 0 unspecified atom stereocenters. The summed E-state index contributed by atoms with van der Waals surface area (Å²) in [6.07, 6.45) is 5.46. The lowest BCUT2D eigenvalue weighted by Gasteiger charge is -2.22. The Morgan fingerprint density at radius 1 is 1.17 bits per heavy atom. The molecule has 0 bridgehead atoms. The maximum atomic E-state index is 11.8. The highest BCUT2D eigenvalue weighted by atomic mass is 79.9. The molecule has 0 atom stereocenters. The van der Waals surface area contributed by atoms with Crippen molar-refractivity contribution >= 4 is 43.8 Å². The summed E-state index contributed by atoms with van der Waals surface area (Å²) in [6.45, 7) is 1.70. The zero-order chi connectivity index (χ0) is 17.5. The molecule has 1 fully saturated rings. The number of hydrazine groups is 1. The number of rotatable bonds is 4. The molecule has 132 valence electrons. The first kappa shape index (κ1) is 19.1. The number of benzene rings is 1. The van der Waals surface area contributed by atoms with E-state index in [1.165, 1.54) is 6.42 Å². The van der Waals surface area contributed by atoms with Crippen LogP contribution in [0.1, 0.15) is 37.7 Å². The third-order valence-corrected chi connectivity index (χ3v) is 4.84. The SMILES string of the molecule is Cc1cc(Br)cc(Br)c1OCC(=O)NNC(=O)NC1CCCCC1. The molecule has 0 spiro atoms. The van der Waals surface area contributed by atoms with Gasteiger partial charge in [0.1, 0.15) is 5.75 Å². The molecule has 3 N–H and O–H groups in total. The van der Waals surface area contributed by atoms with E-state index in [4.69, 9.17) is 4.74 Å². The summed E-state index contributed by atoms with van der Waals surface area (Å²) >= 11 is 6.79. The van der Waals surface area contributed by atoms with Crippen LogP contribution in [0.2, 0.25) is 0 Å². The average molecular weight is 463 g/mol. The largest absolute Gasteiger partial charge is 0.482 e. The molecule has 2 rings (SSSR count). The van der Waals surface area contributed by atoms with Gasteiger partial charge in [-0.2, -0.15) is 0 Å². The van der Waals surface area contributed by atoms with E-state index in [9.17, 15) is 9.59 Å². The highest BCUT2D eigenvalue weighted by molar-refractivity contribution is 9.11. The van der Waals surface area contributed by atoms with E-state index in [1.807, 2.05) is 19.1 Å². The lowest BCUT2D eigenvalue weighted by Crippen LogP contribution is -2.51. The summed E-state index contributed by atoms with van der Waals surface area (Å²) in [5.41, 5.74) is 5.59. The van der Waals surface area contributed by atoms with Crippen LogP contribution in [0.4, 0.5) is 4.79 Å². The van der Waals surface area contributed by atoms with Gasteiger partial charge >= 0.3 is 6.03 Å². The van der Waals surface area contributed by atoms with Gasteiger partial charge in [-0.1, -0.05) is 35.2 Å². The summed E-state index contributed by atoms with van der Waals surface area (Å²) in [4.78, 5) is 23.5. The number of nitrogens with one attached hydrogen (secondary N) is 3. The average Bonchev–Trinajstić information content (AvgIpc) is 2.53. The van der Waals surface area contributed by atoms with Gasteiger partial charge in [0.2, 0.25) is 0 Å². The first-order valence-corrected chi connectivity index (χ1v) is 9.48. The van der Waals surface area contributed by atoms with Crippen LogP contribution in [-0.2, 0) is 4.79 Å². The van der Waals surface area contributed by atoms with Gasteiger partial charge in [0.25, 0.3) is 5.91 Å². The molecule has 0 saturated heterocycles. The van der Waals surface area contributed by atoms with E-state index < -0.39 is 11.9 Å². The van der Waals surface area contributed by atoms with E-state index in [2.05, 4.69) is 48.0 Å². The molecule has 1 aliphatic rings. The van der Waals surface area contributed by atoms with E-state index >= 15 is 0 Å². The summed E-state index contributed by atoms with van der Waals surface area (Å²) in [6, 6.07) is 3.54. The van der Waals surface area contributed by atoms with Crippen molar-refractivity contribution in [3.8, 4) is 5.75 Å². The van der Waals surface area contributed by atoms with Crippen LogP contribution in [0, 0.1) is 6.92 Å². The van der Waals surface area contributed by atoms with Crippen LogP contribution in [0.25, 0.3) is 0 Å². The standard InChI is InChI=1S/C16H21Br2N3O3/c1-10-7-11(17)8-13(18)15(10)24-9-14(22)20-21-16(23)19-12-5-3-2-4-6-12/h7-8,12H,2-6,9H2,1H3,(H,20,22)(H2,19,21,23). The molecule has 1 saturated carbocycles. The molecule has 8 heteroatoms. The number of aryl methyl sites for hydroxylation is 1. The number of carbonyl (C=O) groups is 2. The molecule has 0 aromatic heterocycles. The minimum atomic E-state index is -0.428. The van der Waals surface area contributed by atoms with Crippen LogP contribution in [0.15, 0.2) is 21.1 Å². The van der Waals surface area contributed by atoms with Gasteiger partial charge in [-0.05, 0) is 53.4 Å². The Hall–Kier alpha value is -1.28. The fourth-order valence-electron chi connectivity index (χ4n) is 2.64. The van der Waals surface area contributed by atoms with E-state index in [0.29, 0.717) is 5.75 Å². The minimum Gasteiger partial charge on any atom is -0.482 e.